The average molecular weight is 216 g/mol. The van der Waals surface area contributed by atoms with E-state index in [1.807, 2.05) is 0 Å². The highest BCUT2D eigenvalue weighted by molar-refractivity contribution is 5.84. The number of carbonyl (C=O) groups is 1. The van der Waals surface area contributed by atoms with Crippen LogP contribution in [0.2, 0.25) is 0 Å². The largest absolute Gasteiger partial charge is 0.299 e. The molecule has 0 fully saturated rings. The van der Waals surface area contributed by atoms with Crippen LogP contribution in [0.5, 0.6) is 0 Å². The molecule has 0 aromatic heterocycles. The van der Waals surface area contributed by atoms with Gasteiger partial charge >= 0.3 is 0 Å². The molecule has 0 spiro atoms. The lowest BCUT2D eigenvalue weighted by molar-refractivity contribution is -0.126. The quantitative estimate of drug-likeness (QED) is 0.754. The summed E-state index contributed by atoms with van der Waals surface area (Å²) >= 11 is 0. The van der Waals surface area contributed by atoms with Crippen molar-refractivity contribution in [2.45, 2.75) is 39.5 Å². The predicted octanol–water partition coefficient (Wildman–Crippen LogP) is 3.41. The summed E-state index contributed by atoms with van der Waals surface area (Å²) in [6.45, 7) is 4.24. The molecule has 1 nitrogen and oxygen atoms in total. The molecule has 0 amide bonds. The number of hydrogen-bond acceptors (Lipinski definition) is 1. The van der Waals surface area contributed by atoms with Crippen LogP contribution in [0.15, 0.2) is 24.3 Å². The molecular weight excluding hydrogens is 196 g/mol. The monoisotopic (exact) mass is 216 g/mol. The Morgan fingerprint density at radius 1 is 1.19 bits per heavy atom. The Labute approximate surface area is 97.9 Å². The van der Waals surface area contributed by atoms with Crippen molar-refractivity contribution in [1.29, 1.82) is 0 Å². The standard InChI is InChI=1S/C15H20O/c1-3-11(4-2)15(16)14-9-12-7-5-6-8-13(12)10-14/h5-8,11,14H,3-4,9-10H2,1-2H3. The van der Waals surface area contributed by atoms with Gasteiger partial charge in [-0.3, -0.25) is 4.79 Å². The maximum Gasteiger partial charge on any atom is 0.139 e. The van der Waals surface area contributed by atoms with Crippen LogP contribution in [0.1, 0.15) is 37.8 Å². The molecule has 1 aliphatic rings. The second-order valence-electron chi connectivity index (χ2n) is 4.79. The molecule has 1 aromatic rings. The number of rotatable bonds is 4. The van der Waals surface area contributed by atoms with E-state index in [2.05, 4.69) is 38.1 Å². The van der Waals surface area contributed by atoms with Crippen LogP contribution < -0.4 is 0 Å². The number of benzene rings is 1. The molecule has 0 heterocycles. The molecule has 0 N–H and O–H groups in total. The molecule has 0 bridgehead atoms. The fraction of sp³-hybridized carbons (Fsp3) is 0.533. The average Bonchev–Trinajstić information content (AvgIpc) is 2.74. The molecule has 1 aliphatic carbocycles. The summed E-state index contributed by atoms with van der Waals surface area (Å²) < 4.78 is 0. The van der Waals surface area contributed by atoms with Gasteiger partial charge in [0.05, 0.1) is 0 Å². The normalized spacial score (nSPS) is 15.4. The van der Waals surface area contributed by atoms with E-state index in [-0.39, 0.29) is 11.8 Å². The van der Waals surface area contributed by atoms with Crippen LogP contribution in [0.3, 0.4) is 0 Å². The first kappa shape index (κ1) is 11.4. The Balaban J connectivity index is 2.08. The minimum absolute atomic E-state index is 0.252. The van der Waals surface area contributed by atoms with Gasteiger partial charge < -0.3 is 0 Å². The van der Waals surface area contributed by atoms with Crippen molar-refractivity contribution in [3.63, 3.8) is 0 Å². The van der Waals surface area contributed by atoms with E-state index in [9.17, 15) is 4.79 Å². The molecule has 0 atom stereocenters. The highest BCUT2D eigenvalue weighted by Crippen LogP contribution is 2.30. The molecule has 16 heavy (non-hydrogen) atoms. The molecule has 0 aliphatic heterocycles. The van der Waals surface area contributed by atoms with E-state index < -0.39 is 0 Å². The molecule has 0 unspecified atom stereocenters. The fourth-order valence-electron chi connectivity index (χ4n) is 2.78. The number of ketones is 1. The van der Waals surface area contributed by atoms with Crippen LogP contribution in [0.25, 0.3) is 0 Å². The highest BCUT2D eigenvalue weighted by Gasteiger charge is 2.30. The summed E-state index contributed by atoms with van der Waals surface area (Å²) in [4.78, 5) is 12.3. The number of fused-ring (bicyclic) bond motifs is 1. The summed E-state index contributed by atoms with van der Waals surface area (Å²) in [6, 6.07) is 8.47. The molecular formula is C15H20O. The summed E-state index contributed by atoms with van der Waals surface area (Å²) in [5.41, 5.74) is 2.76. The molecule has 86 valence electrons. The van der Waals surface area contributed by atoms with Crippen LogP contribution in [0.4, 0.5) is 0 Å². The smallest absolute Gasteiger partial charge is 0.139 e. The van der Waals surface area contributed by atoms with Crippen LogP contribution >= 0.6 is 0 Å². The zero-order valence-corrected chi connectivity index (χ0v) is 10.2. The minimum Gasteiger partial charge on any atom is -0.299 e. The van der Waals surface area contributed by atoms with Crippen molar-refractivity contribution >= 4 is 5.78 Å². The van der Waals surface area contributed by atoms with Crippen molar-refractivity contribution in [3.8, 4) is 0 Å². The molecule has 1 heteroatoms. The zero-order chi connectivity index (χ0) is 11.5. The third-order valence-corrected chi connectivity index (χ3v) is 3.84. The molecule has 2 rings (SSSR count). The third kappa shape index (κ3) is 2.04. The van der Waals surface area contributed by atoms with E-state index in [0.29, 0.717) is 5.78 Å². The Kier molecular flexibility index (Phi) is 3.42. The van der Waals surface area contributed by atoms with Gasteiger partial charge in [0.2, 0.25) is 0 Å². The Morgan fingerprint density at radius 2 is 1.69 bits per heavy atom. The van der Waals surface area contributed by atoms with Crippen molar-refractivity contribution in [2.24, 2.45) is 11.8 Å². The SMILES string of the molecule is CCC(CC)C(=O)C1Cc2ccccc2C1. The topological polar surface area (TPSA) is 17.1 Å². The lowest BCUT2D eigenvalue weighted by Gasteiger charge is -2.15. The third-order valence-electron chi connectivity index (χ3n) is 3.84. The molecule has 0 saturated heterocycles. The lowest BCUT2D eigenvalue weighted by Crippen LogP contribution is -2.23. The van der Waals surface area contributed by atoms with E-state index in [4.69, 9.17) is 0 Å². The number of carbonyl (C=O) groups excluding carboxylic acids is 1. The van der Waals surface area contributed by atoms with E-state index in [1.54, 1.807) is 0 Å². The van der Waals surface area contributed by atoms with E-state index in [0.717, 1.165) is 25.7 Å². The van der Waals surface area contributed by atoms with Gasteiger partial charge in [0.1, 0.15) is 5.78 Å². The maximum atomic E-state index is 12.3. The van der Waals surface area contributed by atoms with Crippen LogP contribution in [-0.4, -0.2) is 5.78 Å². The number of Topliss-reactive ketones (excluding diaryl/α,β-unsaturated/α-hetero) is 1. The van der Waals surface area contributed by atoms with Gasteiger partial charge in [-0.2, -0.15) is 0 Å². The first-order valence-electron chi connectivity index (χ1n) is 6.36. The second kappa shape index (κ2) is 4.82. The van der Waals surface area contributed by atoms with Gasteiger partial charge in [0.15, 0.2) is 0 Å². The van der Waals surface area contributed by atoms with Gasteiger partial charge in [0.25, 0.3) is 0 Å². The summed E-state index contributed by atoms with van der Waals surface area (Å²) in [7, 11) is 0. The second-order valence-corrected chi connectivity index (χ2v) is 4.79. The summed E-state index contributed by atoms with van der Waals surface area (Å²) in [5.74, 6) is 1.02. The van der Waals surface area contributed by atoms with Gasteiger partial charge in [-0.1, -0.05) is 38.1 Å². The van der Waals surface area contributed by atoms with E-state index >= 15 is 0 Å². The van der Waals surface area contributed by atoms with Crippen molar-refractivity contribution in [2.75, 3.05) is 0 Å². The van der Waals surface area contributed by atoms with Crippen molar-refractivity contribution < 1.29 is 4.79 Å². The molecule has 0 radical (unpaired) electrons. The first-order valence-corrected chi connectivity index (χ1v) is 6.36. The summed E-state index contributed by atoms with van der Waals surface area (Å²) in [5, 5.41) is 0. The molecule has 0 saturated carbocycles. The lowest BCUT2D eigenvalue weighted by atomic mass is 9.87. The number of hydrogen-bond donors (Lipinski definition) is 0. The maximum absolute atomic E-state index is 12.3. The van der Waals surface area contributed by atoms with Gasteiger partial charge in [-0.05, 0) is 36.8 Å². The Morgan fingerprint density at radius 3 is 2.12 bits per heavy atom. The van der Waals surface area contributed by atoms with Crippen molar-refractivity contribution in [3.05, 3.63) is 35.4 Å². The van der Waals surface area contributed by atoms with Crippen molar-refractivity contribution in [1.82, 2.24) is 0 Å². The minimum atomic E-state index is 0.252. The fourth-order valence-corrected chi connectivity index (χ4v) is 2.78. The predicted molar refractivity (Wildman–Crippen MR) is 66.4 cm³/mol. The first-order chi connectivity index (χ1) is 7.76. The van der Waals surface area contributed by atoms with Crippen LogP contribution in [0, 0.1) is 11.8 Å². The summed E-state index contributed by atoms with van der Waals surface area (Å²) in [6.07, 6.45) is 3.90. The zero-order valence-electron chi connectivity index (χ0n) is 10.2. The molecule has 1 aromatic carbocycles. The highest BCUT2D eigenvalue weighted by atomic mass is 16.1. The van der Waals surface area contributed by atoms with Gasteiger partial charge in [-0.25, -0.2) is 0 Å². The van der Waals surface area contributed by atoms with E-state index in [1.165, 1.54) is 11.1 Å². The Hall–Kier alpha value is -1.11. The Bertz CT molecular complexity index is 352. The van der Waals surface area contributed by atoms with Crippen LogP contribution in [-0.2, 0) is 17.6 Å². The van der Waals surface area contributed by atoms with Gasteiger partial charge in [-0.15, -0.1) is 0 Å². The van der Waals surface area contributed by atoms with Gasteiger partial charge in [0, 0.05) is 11.8 Å².